The lowest BCUT2D eigenvalue weighted by Crippen LogP contribution is -2.23. The number of amides is 1. The van der Waals surface area contributed by atoms with Crippen molar-refractivity contribution in [2.24, 2.45) is 0 Å². The fourth-order valence-corrected chi connectivity index (χ4v) is 2.69. The average molecular weight is 374 g/mol. The molecule has 1 aliphatic rings. The maximum absolute atomic E-state index is 12.3. The van der Waals surface area contributed by atoms with Crippen LogP contribution in [0.2, 0.25) is 0 Å². The number of carbonyl (C=O) groups is 1. The number of pyridine rings is 2. The maximum Gasteiger partial charge on any atom is 0.253 e. The van der Waals surface area contributed by atoms with Gasteiger partial charge in [0.05, 0.1) is 5.56 Å². The summed E-state index contributed by atoms with van der Waals surface area (Å²) in [5, 5.41) is 6.22. The zero-order valence-electron chi connectivity index (χ0n) is 15.5. The number of hydrogen-bond acceptors (Lipinski definition) is 5. The van der Waals surface area contributed by atoms with Gasteiger partial charge in [-0.05, 0) is 48.7 Å². The van der Waals surface area contributed by atoms with Crippen LogP contribution >= 0.6 is 0 Å². The Bertz CT molecular complexity index is 908. The number of anilines is 1. The molecule has 0 bridgehead atoms. The molecule has 1 aromatic carbocycles. The number of nitrogens with one attached hydrogen (secondary N) is 2. The minimum absolute atomic E-state index is 0.137. The predicted octanol–water partition coefficient (Wildman–Crippen LogP) is 3.56. The summed E-state index contributed by atoms with van der Waals surface area (Å²) in [7, 11) is 0. The van der Waals surface area contributed by atoms with E-state index >= 15 is 0 Å². The number of carbonyl (C=O) groups excluding carboxylic acids is 1. The van der Waals surface area contributed by atoms with Crippen molar-refractivity contribution in [3.63, 3.8) is 0 Å². The highest BCUT2D eigenvalue weighted by Gasteiger charge is 2.21. The second-order valence-corrected chi connectivity index (χ2v) is 6.83. The normalized spacial score (nSPS) is 13.0. The Labute approximate surface area is 164 Å². The van der Waals surface area contributed by atoms with Gasteiger partial charge >= 0.3 is 0 Å². The monoisotopic (exact) mass is 374 g/mol. The maximum atomic E-state index is 12.3. The molecule has 3 aromatic rings. The van der Waals surface area contributed by atoms with Crippen LogP contribution in [0.15, 0.2) is 67.1 Å². The molecule has 1 fully saturated rings. The van der Waals surface area contributed by atoms with E-state index in [2.05, 4.69) is 20.6 Å². The lowest BCUT2D eigenvalue weighted by atomic mass is 10.2. The van der Waals surface area contributed by atoms with Crippen LogP contribution in [-0.4, -0.2) is 21.9 Å². The Hall–Kier alpha value is -3.41. The average Bonchev–Trinajstić information content (AvgIpc) is 3.56. The van der Waals surface area contributed by atoms with Gasteiger partial charge in [-0.1, -0.05) is 18.2 Å². The second kappa shape index (κ2) is 8.52. The first-order valence-corrected chi connectivity index (χ1v) is 9.38. The summed E-state index contributed by atoms with van der Waals surface area (Å²) in [5.74, 6) is 1.46. The molecule has 0 saturated heterocycles. The highest BCUT2D eigenvalue weighted by molar-refractivity contribution is 5.94. The van der Waals surface area contributed by atoms with Crippen molar-refractivity contribution in [2.75, 3.05) is 5.32 Å². The molecule has 6 nitrogen and oxygen atoms in total. The number of hydrogen-bond donors (Lipinski definition) is 2. The van der Waals surface area contributed by atoms with Gasteiger partial charge in [-0.2, -0.15) is 0 Å². The Kier molecular flexibility index (Phi) is 5.47. The van der Waals surface area contributed by atoms with Crippen LogP contribution in [-0.2, 0) is 13.2 Å². The van der Waals surface area contributed by atoms with E-state index in [0.29, 0.717) is 24.8 Å². The first kappa shape index (κ1) is 18.0. The van der Waals surface area contributed by atoms with Gasteiger partial charge in [0.2, 0.25) is 0 Å². The molecule has 2 N–H and O–H groups in total. The molecule has 4 rings (SSSR count). The quantitative estimate of drug-likeness (QED) is 0.630. The summed E-state index contributed by atoms with van der Waals surface area (Å²) >= 11 is 0. The Morgan fingerprint density at radius 2 is 1.89 bits per heavy atom. The number of nitrogens with zero attached hydrogens (tertiary/aromatic N) is 2. The van der Waals surface area contributed by atoms with Crippen molar-refractivity contribution in [1.82, 2.24) is 15.3 Å². The van der Waals surface area contributed by atoms with Crippen molar-refractivity contribution in [3.8, 4) is 5.75 Å². The zero-order chi connectivity index (χ0) is 19.2. The van der Waals surface area contributed by atoms with Crippen LogP contribution < -0.4 is 15.4 Å². The summed E-state index contributed by atoms with van der Waals surface area (Å²) in [6, 6.07) is 15.7. The standard InChI is InChI=1S/C22H22N4O2/c27-22(18-5-10-21(24-14-18)26-19-6-7-19)25-13-16-3-8-20(9-4-16)28-15-17-2-1-11-23-12-17/h1-5,8-12,14,19H,6-7,13,15H2,(H,24,26)(H,25,27). The van der Waals surface area contributed by atoms with E-state index in [9.17, 15) is 4.79 Å². The van der Waals surface area contributed by atoms with Crippen molar-refractivity contribution in [2.45, 2.75) is 32.0 Å². The molecule has 6 heteroatoms. The van der Waals surface area contributed by atoms with E-state index in [1.807, 2.05) is 42.5 Å². The van der Waals surface area contributed by atoms with Crippen LogP contribution in [0.5, 0.6) is 5.75 Å². The summed E-state index contributed by atoms with van der Waals surface area (Å²) in [6.45, 7) is 0.923. The van der Waals surface area contributed by atoms with Crippen LogP contribution in [0.1, 0.15) is 34.3 Å². The molecular weight excluding hydrogens is 352 g/mol. The second-order valence-electron chi connectivity index (χ2n) is 6.83. The van der Waals surface area contributed by atoms with Crippen molar-refractivity contribution in [3.05, 3.63) is 83.8 Å². The van der Waals surface area contributed by atoms with Gasteiger partial charge in [0.1, 0.15) is 18.2 Å². The van der Waals surface area contributed by atoms with Crippen molar-refractivity contribution in [1.29, 1.82) is 0 Å². The summed E-state index contributed by atoms with van der Waals surface area (Å²) in [4.78, 5) is 20.7. The van der Waals surface area contributed by atoms with E-state index in [-0.39, 0.29) is 5.91 Å². The number of rotatable bonds is 8. The zero-order valence-corrected chi connectivity index (χ0v) is 15.5. The van der Waals surface area contributed by atoms with Crippen LogP contribution in [0.3, 0.4) is 0 Å². The lowest BCUT2D eigenvalue weighted by Gasteiger charge is -2.09. The Morgan fingerprint density at radius 1 is 1.04 bits per heavy atom. The van der Waals surface area contributed by atoms with Gasteiger partial charge in [-0.25, -0.2) is 4.98 Å². The van der Waals surface area contributed by atoms with E-state index in [4.69, 9.17) is 4.74 Å². The fourth-order valence-electron chi connectivity index (χ4n) is 2.69. The Balaban J connectivity index is 1.25. The number of ether oxygens (including phenoxy) is 1. The summed E-state index contributed by atoms with van der Waals surface area (Å²) in [6.07, 6.45) is 7.51. The molecule has 2 heterocycles. The minimum Gasteiger partial charge on any atom is -0.489 e. The third-order valence-corrected chi connectivity index (χ3v) is 4.46. The van der Waals surface area contributed by atoms with E-state index in [1.54, 1.807) is 24.7 Å². The van der Waals surface area contributed by atoms with E-state index in [1.165, 1.54) is 12.8 Å². The van der Waals surface area contributed by atoms with Crippen LogP contribution in [0, 0.1) is 0 Å². The molecular formula is C22H22N4O2. The molecule has 0 radical (unpaired) electrons. The van der Waals surface area contributed by atoms with Crippen molar-refractivity contribution < 1.29 is 9.53 Å². The van der Waals surface area contributed by atoms with E-state index in [0.717, 1.165) is 22.7 Å². The molecule has 0 spiro atoms. The first-order valence-electron chi connectivity index (χ1n) is 9.38. The molecule has 2 aromatic heterocycles. The molecule has 0 aliphatic heterocycles. The van der Waals surface area contributed by atoms with Gasteiger partial charge in [0.25, 0.3) is 5.91 Å². The van der Waals surface area contributed by atoms with Gasteiger partial charge in [-0.3, -0.25) is 9.78 Å². The lowest BCUT2D eigenvalue weighted by molar-refractivity contribution is 0.0950. The summed E-state index contributed by atoms with van der Waals surface area (Å²) < 4.78 is 5.74. The molecule has 1 amide bonds. The highest BCUT2D eigenvalue weighted by atomic mass is 16.5. The van der Waals surface area contributed by atoms with Gasteiger partial charge in [0.15, 0.2) is 0 Å². The van der Waals surface area contributed by atoms with Gasteiger partial charge in [-0.15, -0.1) is 0 Å². The fraction of sp³-hybridized carbons (Fsp3) is 0.227. The minimum atomic E-state index is -0.137. The summed E-state index contributed by atoms with van der Waals surface area (Å²) in [5.41, 5.74) is 2.57. The molecule has 28 heavy (non-hydrogen) atoms. The number of benzene rings is 1. The highest BCUT2D eigenvalue weighted by Crippen LogP contribution is 2.23. The SMILES string of the molecule is O=C(NCc1ccc(OCc2cccnc2)cc1)c1ccc(NC2CC2)nc1. The van der Waals surface area contributed by atoms with E-state index < -0.39 is 0 Å². The molecule has 1 aliphatic carbocycles. The van der Waals surface area contributed by atoms with Crippen LogP contribution in [0.4, 0.5) is 5.82 Å². The molecule has 142 valence electrons. The Morgan fingerprint density at radius 3 is 2.57 bits per heavy atom. The predicted molar refractivity (Wildman–Crippen MR) is 107 cm³/mol. The van der Waals surface area contributed by atoms with Gasteiger partial charge in [0, 0.05) is 36.7 Å². The smallest absolute Gasteiger partial charge is 0.253 e. The molecule has 1 saturated carbocycles. The van der Waals surface area contributed by atoms with Crippen molar-refractivity contribution >= 4 is 11.7 Å². The topological polar surface area (TPSA) is 76.1 Å². The third-order valence-electron chi connectivity index (χ3n) is 4.46. The first-order chi connectivity index (χ1) is 13.8. The van der Waals surface area contributed by atoms with Gasteiger partial charge < -0.3 is 15.4 Å². The van der Waals surface area contributed by atoms with Crippen LogP contribution in [0.25, 0.3) is 0 Å². The molecule has 0 atom stereocenters. The largest absolute Gasteiger partial charge is 0.489 e. The third kappa shape index (κ3) is 5.07. The molecule has 0 unspecified atom stereocenters. The number of aromatic nitrogens is 2.